The fourth-order valence-electron chi connectivity index (χ4n) is 1.52. The predicted molar refractivity (Wildman–Crippen MR) is 64.7 cm³/mol. The molecule has 1 aromatic carbocycles. The third-order valence-corrected chi connectivity index (χ3v) is 2.59. The maximum atomic E-state index is 5.62. The lowest BCUT2D eigenvalue weighted by Crippen LogP contribution is -1.99. The Morgan fingerprint density at radius 2 is 1.94 bits per heavy atom. The first-order chi connectivity index (χ1) is 8.29. The molecule has 0 aliphatic rings. The number of hydrogen-bond acceptors (Lipinski definition) is 3. The van der Waals surface area contributed by atoms with E-state index in [1.165, 1.54) is 0 Å². The van der Waals surface area contributed by atoms with E-state index in [0.29, 0.717) is 13.2 Å². The molecular formula is C13H16N2O2. The van der Waals surface area contributed by atoms with Crippen molar-refractivity contribution in [1.82, 2.24) is 9.55 Å². The van der Waals surface area contributed by atoms with E-state index >= 15 is 0 Å². The van der Waals surface area contributed by atoms with Gasteiger partial charge in [0.15, 0.2) is 0 Å². The summed E-state index contributed by atoms with van der Waals surface area (Å²) in [6, 6.07) is 7.87. The molecule has 0 radical (unpaired) electrons. The highest BCUT2D eigenvalue weighted by atomic mass is 16.5. The summed E-state index contributed by atoms with van der Waals surface area (Å²) < 4.78 is 12.7. The average molecular weight is 232 g/mol. The van der Waals surface area contributed by atoms with E-state index in [1.54, 1.807) is 13.4 Å². The van der Waals surface area contributed by atoms with Gasteiger partial charge < -0.3 is 14.0 Å². The number of methoxy groups -OCH3 is 1. The highest BCUT2D eigenvalue weighted by Gasteiger charge is 1.99. The molecule has 0 saturated heterocycles. The number of imidazole rings is 1. The smallest absolute Gasteiger partial charge is 0.118 e. The molecule has 0 saturated carbocycles. The summed E-state index contributed by atoms with van der Waals surface area (Å²) in [5, 5.41) is 0. The van der Waals surface area contributed by atoms with Crippen molar-refractivity contribution in [3.05, 3.63) is 48.0 Å². The standard InChI is InChI=1S/C13H16N2O2/c1-15-10-14-7-12(15)9-17-8-11-3-5-13(16-2)6-4-11/h3-7,10H,8-9H2,1-2H3. The topological polar surface area (TPSA) is 36.3 Å². The van der Waals surface area contributed by atoms with Gasteiger partial charge in [0.05, 0.1) is 38.5 Å². The van der Waals surface area contributed by atoms with Crippen LogP contribution >= 0.6 is 0 Å². The molecule has 0 N–H and O–H groups in total. The Hall–Kier alpha value is -1.81. The van der Waals surface area contributed by atoms with Crippen LogP contribution in [0.5, 0.6) is 5.75 Å². The molecular weight excluding hydrogens is 216 g/mol. The van der Waals surface area contributed by atoms with Crippen LogP contribution in [-0.4, -0.2) is 16.7 Å². The zero-order valence-corrected chi connectivity index (χ0v) is 10.1. The van der Waals surface area contributed by atoms with Gasteiger partial charge in [-0.15, -0.1) is 0 Å². The number of ether oxygens (including phenoxy) is 2. The van der Waals surface area contributed by atoms with Crippen LogP contribution in [-0.2, 0) is 25.0 Å². The lowest BCUT2D eigenvalue weighted by Gasteiger charge is -2.06. The van der Waals surface area contributed by atoms with Crippen LogP contribution in [0.4, 0.5) is 0 Å². The molecule has 1 aromatic heterocycles. The highest BCUT2D eigenvalue weighted by Crippen LogP contribution is 2.12. The van der Waals surface area contributed by atoms with Crippen LogP contribution in [0.2, 0.25) is 0 Å². The second kappa shape index (κ2) is 5.50. The number of aryl methyl sites for hydroxylation is 1. The lowest BCUT2D eigenvalue weighted by atomic mass is 10.2. The zero-order chi connectivity index (χ0) is 12.1. The molecule has 0 fully saturated rings. The Bertz CT molecular complexity index is 463. The molecule has 2 rings (SSSR count). The van der Waals surface area contributed by atoms with Crippen molar-refractivity contribution >= 4 is 0 Å². The van der Waals surface area contributed by atoms with Gasteiger partial charge in [0.2, 0.25) is 0 Å². The second-order valence-corrected chi connectivity index (χ2v) is 3.84. The van der Waals surface area contributed by atoms with Crippen molar-refractivity contribution in [2.24, 2.45) is 7.05 Å². The van der Waals surface area contributed by atoms with E-state index in [1.807, 2.05) is 42.1 Å². The zero-order valence-electron chi connectivity index (χ0n) is 10.1. The van der Waals surface area contributed by atoms with Gasteiger partial charge in [0, 0.05) is 7.05 Å². The van der Waals surface area contributed by atoms with Crippen LogP contribution in [0.25, 0.3) is 0 Å². The van der Waals surface area contributed by atoms with E-state index in [-0.39, 0.29) is 0 Å². The van der Waals surface area contributed by atoms with Gasteiger partial charge in [0.25, 0.3) is 0 Å². The molecule has 0 amide bonds. The summed E-state index contributed by atoms with van der Waals surface area (Å²) in [6.07, 6.45) is 3.58. The molecule has 0 aliphatic heterocycles. The summed E-state index contributed by atoms with van der Waals surface area (Å²) in [7, 11) is 3.62. The SMILES string of the molecule is COc1ccc(COCc2cncn2C)cc1. The number of aromatic nitrogens is 2. The third-order valence-electron chi connectivity index (χ3n) is 2.59. The van der Waals surface area contributed by atoms with Crippen molar-refractivity contribution in [1.29, 1.82) is 0 Å². The van der Waals surface area contributed by atoms with E-state index in [4.69, 9.17) is 9.47 Å². The molecule has 0 spiro atoms. The summed E-state index contributed by atoms with van der Waals surface area (Å²) in [4.78, 5) is 4.04. The van der Waals surface area contributed by atoms with Gasteiger partial charge in [0.1, 0.15) is 5.75 Å². The van der Waals surface area contributed by atoms with Gasteiger partial charge in [-0.3, -0.25) is 0 Å². The van der Waals surface area contributed by atoms with Crippen LogP contribution < -0.4 is 4.74 Å². The number of benzene rings is 1. The lowest BCUT2D eigenvalue weighted by molar-refractivity contribution is 0.103. The van der Waals surface area contributed by atoms with Crippen LogP contribution in [0, 0.1) is 0 Å². The van der Waals surface area contributed by atoms with E-state index in [2.05, 4.69) is 4.98 Å². The van der Waals surface area contributed by atoms with Crippen molar-refractivity contribution in [2.75, 3.05) is 7.11 Å². The van der Waals surface area contributed by atoms with Crippen molar-refractivity contribution in [3.8, 4) is 5.75 Å². The van der Waals surface area contributed by atoms with E-state index in [9.17, 15) is 0 Å². The quantitative estimate of drug-likeness (QED) is 0.792. The number of rotatable bonds is 5. The molecule has 0 atom stereocenters. The monoisotopic (exact) mass is 232 g/mol. The van der Waals surface area contributed by atoms with E-state index < -0.39 is 0 Å². The predicted octanol–water partition coefficient (Wildman–Crippen LogP) is 2.15. The molecule has 4 nitrogen and oxygen atoms in total. The molecule has 0 unspecified atom stereocenters. The first-order valence-corrected chi connectivity index (χ1v) is 5.45. The van der Waals surface area contributed by atoms with Gasteiger partial charge >= 0.3 is 0 Å². The van der Waals surface area contributed by atoms with Crippen LogP contribution in [0.1, 0.15) is 11.3 Å². The molecule has 4 heteroatoms. The minimum Gasteiger partial charge on any atom is -0.497 e. The van der Waals surface area contributed by atoms with Gasteiger partial charge in [-0.1, -0.05) is 12.1 Å². The van der Waals surface area contributed by atoms with Crippen LogP contribution in [0.3, 0.4) is 0 Å². The maximum absolute atomic E-state index is 5.62. The summed E-state index contributed by atoms with van der Waals surface area (Å²) in [5.41, 5.74) is 2.20. The van der Waals surface area contributed by atoms with Gasteiger partial charge in [-0.2, -0.15) is 0 Å². The number of nitrogens with zero attached hydrogens (tertiary/aromatic N) is 2. The molecule has 1 heterocycles. The first-order valence-electron chi connectivity index (χ1n) is 5.45. The van der Waals surface area contributed by atoms with E-state index in [0.717, 1.165) is 17.0 Å². The fraction of sp³-hybridized carbons (Fsp3) is 0.308. The van der Waals surface area contributed by atoms with Crippen molar-refractivity contribution in [3.63, 3.8) is 0 Å². The second-order valence-electron chi connectivity index (χ2n) is 3.84. The molecule has 0 aliphatic carbocycles. The number of hydrogen-bond donors (Lipinski definition) is 0. The summed E-state index contributed by atoms with van der Waals surface area (Å²) >= 11 is 0. The Kier molecular flexibility index (Phi) is 3.77. The molecule has 17 heavy (non-hydrogen) atoms. The molecule has 2 aromatic rings. The highest BCUT2D eigenvalue weighted by molar-refractivity contribution is 5.26. The van der Waals surface area contributed by atoms with Gasteiger partial charge in [-0.25, -0.2) is 4.98 Å². The largest absolute Gasteiger partial charge is 0.497 e. The molecule has 0 bridgehead atoms. The van der Waals surface area contributed by atoms with Crippen LogP contribution in [0.15, 0.2) is 36.8 Å². The summed E-state index contributed by atoms with van der Waals surface area (Å²) in [5.74, 6) is 0.861. The third kappa shape index (κ3) is 3.07. The normalized spacial score (nSPS) is 10.5. The minimum atomic E-state index is 0.572. The first kappa shape index (κ1) is 11.7. The fourth-order valence-corrected chi connectivity index (χ4v) is 1.52. The Morgan fingerprint density at radius 3 is 2.53 bits per heavy atom. The van der Waals surface area contributed by atoms with Crippen molar-refractivity contribution < 1.29 is 9.47 Å². The Labute approximate surface area is 101 Å². The minimum absolute atomic E-state index is 0.572. The Morgan fingerprint density at radius 1 is 1.18 bits per heavy atom. The van der Waals surface area contributed by atoms with Gasteiger partial charge in [-0.05, 0) is 17.7 Å². The van der Waals surface area contributed by atoms with Crippen molar-refractivity contribution in [2.45, 2.75) is 13.2 Å². The average Bonchev–Trinajstić information content (AvgIpc) is 2.76. The Balaban J connectivity index is 1.83. The summed E-state index contributed by atoms with van der Waals surface area (Å²) in [6.45, 7) is 1.16. The molecule has 90 valence electrons. The maximum Gasteiger partial charge on any atom is 0.118 e.